The first-order valence-corrected chi connectivity index (χ1v) is 7.47. The third-order valence-corrected chi connectivity index (χ3v) is 3.27. The van der Waals surface area contributed by atoms with Crippen LogP contribution in [0.2, 0.25) is 0 Å². The van der Waals surface area contributed by atoms with E-state index in [0.717, 1.165) is 6.20 Å². The van der Waals surface area contributed by atoms with E-state index in [9.17, 15) is 18.3 Å². The van der Waals surface area contributed by atoms with E-state index in [0.29, 0.717) is 5.56 Å². The van der Waals surface area contributed by atoms with Crippen molar-refractivity contribution in [1.82, 2.24) is 4.98 Å². The fourth-order valence-electron chi connectivity index (χ4n) is 2.19. The molecule has 2 rings (SSSR count). The first-order chi connectivity index (χ1) is 11.3. The normalized spacial score (nSPS) is 17.8. The summed E-state index contributed by atoms with van der Waals surface area (Å²) in [6.45, 7) is 4.00. The summed E-state index contributed by atoms with van der Waals surface area (Å²) >= 11 is 0. The molecule has 2 heterocycles. The highest BCUT2D eigenvalue weighted by molar-refractivity contribution is 5.90. The van der Waals surface area contributed by atoms with Crippen LogP contribution in [0.25, 0.3) is 5.76 Å². The fourth-order valence-corrected chi connectivity index (χ4v) is 2.19. The van der Waals surface area contributed by atoms with Crippen LogP contribution < -0.4 is 11.5 Å². The molecule has 0 spiro atoms. The molecule has 5 N–H and O–H groups in total. The summed E-state index contributed by atoms with van der Waals surface area (Å²) in [7, 11) is 0. The van der Waals surface area contributed by atoms with Crippen molar-refractivity contribution in [1.29, 1.82) is 0 Å². The summed E-state index contributed by atoms with van der Waals surface area (Å²) in [5.74, 6) is -1.90. The quantitative estimate of drug-likeness (QED) is 0.731. The summed E-state index contributed by atoms with van der Waals surface area (Å²) in [6, 6.07) is 1.45. The van der Waals surface area contributed by atoms with E-state index < -0.39 is 12.1 Å². The van der Waals surface area contributed by atoms with Gasteiger partial charge in [-0.25, -0.2) is 0 Å². The van der Waals surface area contributed by atoms with E-state index in [1.807, 2.05) is 13.8 Å². The maximum absolute atomic E-state index is 13.0. The zero-order valence-electron chi connectivity index (χ0n) is 13.5. The topological polar surface area (TPSA) is 97.5 Å². The average molecular weight is 342 g/mol. The van der Waals surface area contributed by atoms with Crippen molar-refractivity contribution in [3.05, 3.63) is 42.0 Å². The lowest BCUT2D eigenvalue weighted by molar-refractivity contribution is -0.155. The molecule has 1 aromatic rings. The molecule has 1 aliphatic heterocycles. The number of nitrogen functional groups attached to an aromatic ring is 1. The van der Waals surface area contributed by atoms with Crippen LogP contribution in [0.5, 0.6) is 0 Å². The van der Waals surface area contributed by atoms with Crippen molar-refractivity contribution in [2.45, 2.75) is 32.9 Å². The molecule has 0 amide bonds. The van der Waals surface area contributed by atoms with Crippen LogP contribution in [0.3, 0.4) is 0 Å². The van der Waals surface area contributed by atoms with Gasteiger partial charge in [0, 0.05) is 30.7 Å². The molecule has 1 unspecified atom stereocenters. The van der Waals surface area contributed by atoms with Gasteiger partial charge in [-0.3, -0.25) is 9.98 Å². The molecule has 0 saturated heterocycles. The van der Waals surface area contributed by atoms with Crippen molar-refractivity contribution < 1.29 is 18.3 Å². The van der Waals surface area contributed by atoms with Gasteiger partial charge in [0.2, 0.25) is 0 Å². The lowest BCUT2D eigenvalue weighted by atomic mass is 9.92. The second-order valence-electron chi connectivity index (χ2n) is 4.85. The molecule has 8 heteroatoms. The fraction of sp³-hybridized carbons (Fsp3) is 0.375. The lowest BCUT2D eigenvalue weighted by Gasteiger charge is -2.23. The molecule has 0 radical (unpaired) electrons. The molecule has 0 bridgehead atoms. The Morgan fingerprint density at radius 1 is 1.42 bits per heavy atom. The number of aliphatic hydroxyl groups is 1. The van der Waals surface area contributed by atoms with E-state index in [1.165, 1.54) is 24.5 Å². The zero-order valence-corrected chi connectivity index (χ0v) is 13.5. The Bertz CT molecular complexity index is 651. The number of aromatic nitrogens is 1. The first kappa shape index (κ1) is 19.5. The molecule has 24 heavy (non-hydrogen) atoms. The van der Waals surface area contributed by atoms with E-state index in [1.54, 1.807) is 0 Å². The van der Waals surface area contributed by atoms with Gasteiger partial charge >= 0.3 is 6.18 Å². The molecule has 1 aromatic heterocycles. The minimum absolute atomic E-state index is 0.0148. The maximum Gasteiger partial charge on any atom is 0.397 e. The lowest BCUT2D eigenvalue weighted by Crippen LogP contribution is -2.32. The van der Waals surface area contributed by atoms with Crippen LogP contribution in [-0.4, -0.2) is 22.0 Å². The number of hydrogen-bond acceptors (Lipinski definition) is 5. The van der Waals surface area contributed by atoms with Crippen molar-refractivity contribution in [3.63, 3.8) is 0 Å². The third-order valence-electron chi connectivity index (χ3n) is 3.27. The Kier molecular flexibility index (Phi) is 6.82. The molecule has 5 nitrogen and oxygen atoms in total. The van der Waals surface area contributed by atoms with Crippen LogP contribution in [0.4, 0.5) is 18.9 Å². The Labute approximate surface area is 138 Å². The van der Waals surface area contributed by atoms with Gasteiger partial charge in [-0.15, -0.1) is 0 Å². The van der Waals surface area contributed by atoms with Gasteiger partial charge in [-0.1, -0.05) is 19.9 Å². The molecule has 0 fully saturated rings. The largest absolute Gasteiger partial charge is 0.504 e. The predicted molar refractivity (Wildman–Crippen MR) is 89.2 cm³/mol. The van der Waals surface area contributed by atoms with Crippen LogP contribution >= 0.6 is 0 Å². The van der Waals surface area contributed by atoms with E-state index >= 15 is 0 Å². The number of aliphatic hydroxyl groups excluding tert-OH is 1. The Balaban J connectivity index is 0.00000139. The van der Waals surface area contributed by atoms with Crippen LogP contribution in [0.1, 0.15) is 31.5 Å². The van der Waals surface area contributed by atoms with Crippen LogP contribution in [-0.2, 0) is 6.42 Å². The zero-order chi connectivity index (χ0) is 18.3. The monoisotopic (exact) mass is 342 g/mol. The minimum atomic E-state index is -4.34. The molecular weight excluding hydrogens is 321 g/mol. The Morgan fingerprint density at radius 2 is 2.08 bits per heavy atom. The molecular formula is C16H21F3N4O. The van der Waals surface area contributed by atoms with Crippen molar-refractivity contribution in [2.75, 3.05) is 5.73 Å². The van der Waals surface area contributed by atoms with E-state index in [4.69, 9.17) is 11.5 Å². The number of nitrogens with zero attached hydrogens (tertiary/aromatic N) is 2. The van der Waals surface area contributed by atoms with Gasteiger partial charge in [0.05, 0.1) is 11.6 Å². The standard InChI is InChI=1S/C14H15F3N4O.C2H6/c15-14(16,17)9-2-1-3-20-11(9)5-8-4-10(19)13(21-7-8)12(22)6-18;1-2/h1,3-4,6-7,9,22H,2,5,18-19H2;1-2H3/b12-6+;. The summed E-state index contributed by atoms with van der Waals surface area (Å²) in [6.07, 6.45) is 0.559. The van der Waals surface area contributed by atoms with Gasteiger partial charge < -0.3 is 16.6 Å². The molecule has 1 aliphatic rings. The van der Waals surface area contributed by atoms with Crippen LogP contribution in [0.15, 0.2) is 35.7 Å². The predicted octanol–water partition coefficient (Wildman–Crippen LogP) is 3.58. The minimum Gasteiger partial charge on any atom is -0.504 e. The highest BCUT2D eigenvalue weighted by atomic mass is 19.4. The first-order valence-electron chi connectivity index (χ1n) is 7.47. The summed E-state index contributed by atoms with van der Waals surface area (Å²) in [5, 5.41) is 9.48. The van der Waals surface area contributed by atoms with Gasteiger partial charge in [0.1, 0.15) is 5.69 Å². The summed E-state index contributed by atoms with van der Waals surface area (Å²) < 4.78 is 38.9. The van der Waals surface area contributed by atoms with E-state index in [2.05, 4.69) is 9.98 Å². The smallest absolute Gasteiger partial charge is 0.397 e. The maximum atomic E-state index is 13.0. The number of nitrogens with two attached hydrogens (primary N) is 2. The van der Waals surface area contributed by atoms with Crippen molar-refractivity contribution >= 4 is 17.2 Å². The number of rotatable bonds is 3. The van der Waals surface area contributed by atoms with Crippen molar-refractivity contribution in [3.8, 4) is 0 Å². The number of halogens is 3. The molecule has 0 aromatic carbocycles. The molecule has 132 valence electrons. The second-order valence-corrected chi connectivity index (χ2v) is 4.85. The third kappa shape index (κ3) is 4.74. The van der Waals surface area contributed by atoms with E-state index in [-0.39, 0.29) is 35.7 Å². The molecule has 0 saturated carbocycles. The number of alkyl halides is 3. The summed E-state index contributed by atoms with van der Waals surface area (Å²) in [4.78, 5) is 7.77. The number of pyridine rings is 1. The van der Waals surface area contributed by atoms with Gasteiger partial charge in [-0.2, -0.15) is 13.2 Å². The van der Waals surface area contributed by atoms with Crippen LogP contribution in [0, 0.1) is 5.92 Å². The van der Waals surface area contributed by atoms with Crippen molar-refractivity contribution in [2.24, 2.45) is 16.6 Å². The van der Waals surface area contributed by atoms with Gasteiger partial charge in [-0.05, 0) is 18.1 Å². The molecule has 1 atom stereocenters. The number of hydrogen-bond donors (Lipinski definition) is 3. The second kappa shape index (κ2) is 8.37. The molecule has 0 aliphatic carbocycles. The average Bonchev–Trinajstić information content (AvgIpc) is 2.56. The SMILES string of the molecule is CC.N/C=C(/O)c1ncc(CC2=NC=CCC2C(F)(F)F)cc1N. The number of allylic oxidation sites excluding steroid dienone is 1. The number of aliphatic imine (C=N–C) groups is 1. The van der Waals surface area contributed by atoms with Gasteiger partial charge in [0.15, 0.2) is 5.76 Å². The van der Waals surface area contributed by atoms with Gasteiger partial charge in [0.25, 0.3) is 0 Å². The highest BCUT2D eigenvalue weighted by Gasteiger charge is 2.42. The Hall–Kier alpha value is -2.51. The number of anilines is 1. The summed E-state index contributed by atoms with van der Waals surface area (Å²) in [5.41, 5.74) is 11.6. The Morgan fingerprint density at radius 3 is 2.62 bits per heavy atom. The highest BCUT2D eigenvalue weighted by Crippen LogP contribution is 2.33.